The smallest absolute Gasteiger partial charge is 0.360 e. The molecule has 8 heteroatoms. The zero-order valence-corrected chi connectivity index (χ0v) is 15.7. The van der Waals surface area contributed by atoms with Crippen molar-refractivity contribution < 1.29 is 23.3 Å². The second-order valence-corrected chi connectivity index (χ2v) is 6.20. The SMILES string of the molecule is COC(=O)c1cc(CCCOc2c(C)cc(-c3noc(C)n3)cc2C)on1. The number of aromatic nitrogens is 3. The Kier molecular flexibility index (Phi) is 5.54. The summed E-state index contributed by atoms with van der Waals surface area (Å²) in [6.07, 6.45) is 1.34. The van der Waals surface area contributed by atoms with Crippen molar-refractivity contribution in [2.24, 2.45) is 0 Å². The van der Waals surface area contributed by atoms with Gasteiger partial charge in [-0.2, -0.15) is 4.98 Å². The minimum atomic E-state index is -0.510. The zero-order chi connectivity index (χ0) is 19.4. The van der Waals surface area contributed by atoms with Crippen LogP contribution in [-0.4, -0.2) is 35.0 Å². The lowest BCUT2D eigenvalue weighted by Gasteiger charge is -2.13. The Hall–Kier alpha value is -3.16. The molecule has 0 aliphatic heterocycles. The highest BCUT2D eigenvalue weighted by molar-refractivity contribution is 5.86. The van der Waals surface area contributed by atoms with Crippen LogP contribution in [-0.2, 0) is 11.2 Å². The van der Waals surface area contributed by atoms with E-state index in [0.29, 0.717) is 30.5 Å². The minimum Gasteiger partial charge on any atom is -0.493 e. The summed E-state index contributed by atoms with van der Waals surface area (Å²) in [4.78, 5) is 15.6. The average Bonchev–Trinajstić information content (AvgIpc) is 3.28. The van der Waals surface area contributed by atoms with Gasteiger partial charge in [-0.05, 0) is 43.5 Å². The quantitative estimate of drug-likeness (QED) is 0.460. The monoisotopic (exact) mass is 371 g/mol. The van der Waals surface area contributed by atoms with Crippen molar-refractivity contribution in [3.05, 3.63) is 46.7 Å². The molecule has 0 unspecified atom stereocenters. The van der Waals surface area contributed by atoms with Crippen molar-refractivity contribution in [3.8, 4) is 17.1 Å². The fourth-order valence-corrected chi connectivity index (χ4v) is 2.78. The van der Waals surface area contributed by atoms with Gasteiger partial charge in [0.2, 0.25) is 11.7 Å². The van der Waals surface area contributed by atoms with Crippen molar-refractivity contribution >= 4 is 5.97 Å². The Morgan fingerprint density at radius 3 is 2.44 bits per heavy atom. The van der Waals surface area contributed by atoms with Crippen LogP contribution in [0.3, 0.4) is 0 Å². The van der Waals surface area contributed by atoms with Gasteiger partial charge in [0.25, 0.3) is 0 Å². The molecule has 0 amide bonds. The Labute approximate surface area is 156 Å². The Morgan fingerprint density at radius 1 is 1.07 bits per heavy atom. The second-order valence-electron chi connectivity index (χ2n) is 6.20. The highest BCUT2D eigenvalue weighted by Gasteiger charge is 2.14. The van der Waals surface area contributed by atoms with Gasteiger partial charge in [-0.25, -0.2) is 4.79 Å². The van der Waals surface area contributed by atoms with Crippen molar-refractivity contribution in [1.29, 1.82) is 0 Å². The molecule has 142 valence electrons. The maximum absolute atomic E-state index is 11.4. The fraction of sp³-hybridized carbons (Fsp3) is 0.368. The van der Waals surface area contributed by atoms with Crippen molar-refractivity contribution in [3.63, 3.8) is 0 Å². The standard InChI is InChI=1S/C19H21N3O5/c1-11-8-14(18-20-13(3)26-22-18)9-12(2)17(11)25-7-5-6-15-10-16(21-27-15)19(23)24-4/h8-10H,5-7H2,1-4H3. The number of ether oxygens (including phenoxy) is 2. The van der Waals surface area contributed by atoms with Crippen LogP contribution in [0.5, 0.6) is 5.75 Å². The largest absolute Gasteiger partial charge is 0.493 e. The summed E-state index contributed by atoms with van der Waals surface area (Å²) in [6, 6.07) is 5.54. The number of methoxy groups -OCH3 is 1. The highest BCUT2D eigenvalue weighted by atomic mass is 16.5. The molecule has 3 aromatic rings. The molecule has 1 aromatic carbocycles. The van der Waals surface area contributed by atoms with E-state index in [1.807, 2.05) is 26.0 Å². The summed E-state index contributed by atoms with van der Waals surface area (Å²) < 4.78 is 20.7. The lowest BCUT2D eigenvalue weighted by Crippen LogP contribution is -2.03. The number of aryl methyl sites for hydroxylation is 4. The molecule has 0 radical (unpaired) electrons. The number of carbonyl (C=O) groups is 1. The van der Waals surface area contributed by atoms with Crippen LogP contribution < -0.4 is 4.74 Å². The van der Waals surface area contributed by atoms with Gasteiger partial charge in [0.1, 0.15) is 11.5 Å². The molecule has 3 rings (SSSR count). The van der Waals surface area contributed by atoms with Gasteiger partial charge in [0.05, 0.1) is 13.7 Å². The van der Waals surface area contributed by atoms with Crippen LogP contribution in [0, 0.1) is 20.8 Å². The molecule has 0 saturated heterocycles. The zero-order valence-electron chi connectivity index (χ0n) is 15.7. The third kappa shape index (κ3) is 4.33. The Balaban J connectivity index is 1.58. The summed E-state index contributed by atoms with van der Waals surface area (Å²) in [5.41, 5.74) is 3.07. The molecule has 0 saturated carbocycles. The summed E-state index contributed by atoms with van der Waals surface area (Å²) in [7, 11) is 1.31. The van der Waals surface area contributed by atoms with Crippen LogP contribution in [0.1, 0.15) is 39.7 Å². The Morgan fingerprint density at radius 2 is 1.81 bits per heavy atom. The maximum Gasteiger partial charge on any atom is 0.360 e. The summed E-state index contributed by atoms with van der Waals surface area (Å²) in [5.74, 6) is 2.05. The summed E-state index contributed by atoms with van der Waals surface area (Å²) >= 11 is 0. The predicted octanol–water partition coefficient (Wildman–Crippen LogP) is 3.45. The van der Waals surface area contributed by atoms with Gasteiger partial charge in [-0.3, -0.25) is 0 Å². The third-order valence-corrected chi connectivity index (χ3v) is 4.01. The molecule has 0 aliphatic rings. The third-order valence-electron chi connectivity index (χ3n) is 4.01. The number of hydrogen-bond donors (Lipinski definition) is 0. The number of benzene rings is 1. The number of carbonyl (C=O) groups excluding carboxylic acids is 1. The van der Waals surface area contributed by atoms with E-state index in [1.54, 1.807) is 13.0 Å². The van der Waals surface area contributed by atoms with Crippen LogP contribution in [0.25, 0.3) is 11.4 Å². The molecular formula is C19H21N3O5. The molecular weight excluding hydrogens is 350 g/mol. The van der Waals surface area contributed by atoms with E-state index in [1.165, 1.54) is 7.11 Å². The molecule has 0 aliphatic carbocycles. The van der Waals surface area contributed by atoms with Gasteiger partial charge >= 0.3 is 5.97 Å². The first kappa shape index (κ1) is 18.6. The van der Waals surface area contributed by atoms with E-state index < -0.39 is 5.97 Å². The average molecular weight is 371 g/mol. The van der Waals surface area contributed by atoms with E-state index >= 15 is 0 Å². The van der Waals surface area contributed by atoms with Crippen LogP contribution in [0.4, 0.5) is 0 Å². The molecule has 27 heavy (non-hydrogen) atoms. The molecule has 0 spiro atoms. The number of rotatable bonds is 7. The van der Waals surface area contributed by atoms with Gasteiger partial charge < -0.3 is 18.5 Å². The topological polar surface area (TPSA) is 100 Å². The first-order valence-electron chi connectivity index (χ1n) is 8.56. The number of hydrogen-bond acceptors (Lipinski definition) is 8. The first-order valence-corrected chi connectivity index (χ1v) is 8.56. The predicted molar refractivity (Wildman–Crippen MR) is 95.6 cm³/mol. The molecule has 2 aromatic heterocycles. The molecule has 2 heterocycles. The van der Waals surface area contributed by atoms with E-state index in [2.05, 4.69) is 20.0 Å². The van der Waals surface area contributed by atoms with E-state index in [4.69, 9.17) is 13.8 Å². The molecule has 8 nitrogen and oxygen atoms in total. The van der Waals surface area contributed by atoms with E-state index in [-0.39, 0.29) is 5.69 Å². The van der Waals surface area contributed by atoms with Crippen molar-refractivity contribution in [2.45, 2.75) is 33.6 Å². The Bertz CT molecular complexity index is 921. The fourth-order valence-electron chi connectivity index (χ4n) is 2.78. The second kappa shape index (κ2) is 8.03. The van der Waals surface area contributed by atoms with E-state index in [0.717, 1.165) is 28.9 Å². The minimum absolute atomic E-state index is 0.174. The first-order chi connectivity index (χ1) is 13.0. The van der Waals surface area contributed by atoms with Crippen molar-refractivity contribution in [2.75, 3.05) is 13.7 Å². The van der Waals surface area contributed by atoms with Gasteiger partial charge in [0, 0.05) is 25.0 Å². The van der Waals surface area contributed by atoms with Crippen LogP contribution >= 0.6 is 0 Å². The highest BCUT2D eigenvalue weighted by Crippen LogP contribution is 2.29. The normalized spacial score (nSPS) is 10.8. The molecule has 0 fully saturated rings. The summed E-state index contributed by atoms with van der Waals surface area (Å²) in [5, 5.41) is 7.63. The lowest BCUT2D eigenvalue weighted by molar-refractivity contribution is 0.0589. The van der Waals surface area contributed by atoms with Gasteiger partial charge in [0.15, 0.2) is 5.69 Å². The lowest BCUT2D eigenvalue weighted by atomic mass is 10.1. The van der Waals surface area contributed by atoms with Crippen LogP contribution in [0.2, 0.25) is 0 Å². The maximum atomic E-state index is 11.4. The number of nitrogens with zero attached hydrogens (tertiary/aromatic N) is 3. The number of esters is 1. The van der Waals surface area contributed by atoms with Gasteiger partial charge in [-0.1, -0.05) is 10.3 Å². The van der Waals surface area contributed by atoms with Gasteiger partial charge in [-0.15, -0.1) is 0 Å². The van der Waals surface area contributed by atoms with Crippen LogP contribution in [0.15, 0.2) is 27.2 Å². The molecule has 0 atom stereocenters. The van der Waals surface area contributed by atoms with E-state index in [9.17, 15) is 4.79 Å². The molecule has 0 N–H and O–H groups in total. The van der Waals surface area contributed by atoms with Crippen molar-refractivity contribution in [1.82, 2.24) is 15.3 Å². The summed E-state index contributed by atoms with van der Waals surface area (Å²) in [6.45, 7) is 6.24. The molecule has 0 bridgehead atoms.